The maximum Gasteiger partial charge on any atom is 0.229 e. The van der Waals surface area contributed by atoms with Crippen LogP contribution < -0.4 is 15.2 Å². The van der Waals surface area contributed by atoms with E-state index in [1.807, 2.05) is 0 Å². The number of hydrogen-bond donors (Lipinski definition) is 3. The van der Waals surface area contributed by atoms with Gasteiger partial charge in [0.1, 0.15) is 0 Å². The summed E-state index contributed by atoms with van der Waals surface area (Å²) in [5.74, 6) is 0.312. The third-order valence-corrected chi connectivity index (χ3v) is 7.15. The summed E-state index contributed by atoms with van der Waals surface area (Å²) in [6.07, 6.45) is 10.9. The van der Waals surface area contributed by atoms with E-state index in [2.05, 4.69) is 52.0 Å². The van der Waals surface area contributed by atoms with E-state index in [0.717, 1.165) is 81.8 Å². The summed E-state index contributed by atoms with van der Waals surface area (Å²) in [5, 5.41) is 1.86. The summed E-state index contributed by atoms with van der Waals surface area (Å²) in [4.78, 5) is 0. The lowest BCUT2D eigenvalue weighted by molar-refractivity contribution is 0.198. The maximum atomic E-state index is 10.5. The number of sulfonamides is 2. The minimum atomic E-state index is -3.19. The van der Waals surface area contributed by atoms with Crippen LogP contribution in [0.15, 0.2) is 0 Å². The van der Waals surface area contributed by atoms with Crippen molar-refractivity contribution in [1.29, 1.82) is 0 Å². The molecule has 0 aromatic rings. The van der Waals surface area contributed by atoms with E-state index in [4.69, 9.17) is 15.2 Å². The number of nitrogens with two attached hydrogens (primary N) is 1. The minimum absolute atomic E-state index is 0. The Hall–Kier alpha value is 0.900. The van der Waals surface area contributed by atoms with Crippen molar-refractivity contribution >= 4 is 71.6 Å². The van der Waals surface area contributed by atoms with Gasteiger partial charge in [-0.05, 0) is 57.9 Å². The largest absolute Gasteiger partial charge is 0.381 e. The van der Waals surface area contributed by atoms with E-state index in [9.17, 15) is 25.3 Å². The van der Waals surface area contributed by atoms with E-state index in [1.165, 1.54) is 25.7 Å². The predicted octanol–water partition coefficient (Wildman–Crippen LogP) is 3.16. The molecular weight excluding hydrogens is 714 g/mol. The highest BCUT2D eigenvalue weighted by Gasteiger charge is 2.12. The van der Waals surface area contributed by atoms with E-state index < -0.39 is 29.1 Å². The Bertz CT molecular complexity index is 751. The van der Waals surface area contributed by atoms with E-state index >= 15 is 0 Å². The van der Waals surface area contributed by atoms with Gasteiger partial charge in [0.05, 0.1) is 18.3 Å². The van der Waals surface area contributed by atoms with Crippen LogP contribution in [0.2, 0.25) is 0 Å². The monoisotopic (exact) mass is 761 g/mol. The second-order valence-electron chi connectivity index (χ2n) is 7.78. The zero-order valence-corrected chi connectivity index (χ0v) is 28.3. The number of alkyl halides is 2. The van der Waals surface area contributed by atoms with Crippen LogP contribution in [0.25, 0.3) is 0 Å². The highest BCUT2D eigenvalue weighted by Crippen LogP contribution is 2.00. The number of ether oxygens (including phenoxy) is 2. The van der Waals surface area contributed by atoms with Crippen molar-refractivity contribution in [3.8, 4) is 0 Å². The molecule has 236 valence electrons. The lowest BCUT2D eigenvalue weighted by Crippen LogP contribution is -2.31. The third-order valence-electron chi connectivity index (χ3n) is 3.83. The maximum absolute atomic E-state index is 10.5. The molecule has 3 saturated heterocycles. The second-order valence-corrected chi connectivity index (χ2v) is 16.2. The van der Waals surface area contributed by atoms with Gasteiger partial charge in [-0.3, -0.25) is 0 Å². The normalized spacial score (nSPS) is 17.5. The van der Waals surface area contributed by atoms with Crippen molar-refractivity contribution in [2.45, 2.75) is 58.8 Å². The summed E-state index contributed by atoms with van der Waals surface area (Å²) >= 11 is 6.41. The van der Waals surface area contributed by atoms with Gasteiger partial charge in [-0.25, -0.2) is 34.7 Å². The fourth-order valence-corrected chi connectivity index (χ4v) is 4.44. The van der Waals surface area contributed by atoms with Crippen LogP contribution in [0.5, 0.6) is 0 Å². The average Bonchev–Trinajstić information content (AvgIpc) is 3.52. The topological polar surface area (TPSA) is 171 Å². The van der Waals surface area contributed by atoms with Gasteiger partial charge in [0.25, 0.3) is 0 Å². The van der Waals surface area contributed by atoms with Gasteiger partial charge in [-0.1, -0.05) is 39.3 Å². The van der Waals surface area contributed by atoms with Crippen molar-refractivity contribution in [2.24, 2.45) is 5.73 Å². The molecule has 0 aliphatic carbocycles. The van der Waals surface area contributed by atoms with Crippen molar-refractivity contribution in [3.63, 3.8) is 0 Å². The Labute approximate surface area is 253 Å². The molecule has 17 heteroatoms. The predicted molar refractivity (Wildman–Crippen MR) is 167 cm³/mol. The molecule has 0 radical (unpaired) electrons. The molecule has 0 unspecified atom stereocenters. The fourth-order valence-electron chi connectivity index (χ4n) is 2.14. The van der Waals surface area contributed by atoms with Crippen LogP contribution in [0.1, 0.15) is 58.8 Å². The van der Waals surface area contributed by atoms with Gasteiger partial charge in [-0.2, -0.15) is 0 Å². The van der Waals surface area contributed by atoms with Gasteiger partial charge < -0.3 is 15.2 Å². The summed E-state index contributed by atoms with van der Waals surface area (Å²) in [6.45, 7) is 5.94. The zero-order chi connectivity index (χ0) is 29.1. The first kappa shape index (κ1) is 45.9. The molecule has 3 heterocycles. The summed E-state index contributed by atoms with van der Waals surface area (Å²) in [7, 11) is -4.49. The third kappa shape index (κ3) is 56.9. The van der Waals surface area contributed by atoms with Crippen molar-refractivity contribution in [3.05, 3.63) is 0 Å². The molecule has 38 heavy (non-hydrogen) atoms. The number of halogens is 3. The molecule has 0 bridgehead atoms. The first-order valence-electron chi connectivity index (χ1n) is 12.0. The van der Waals surface area contributed by atoms with Crippen LogP contribution in [-0.4, -0.2) is 100 Å². The molecule has 0 amide bonds. The Balaban J connectivity index is -0.000000185. The van der Waals surface area contributed by atoms with E-state index in [1.54, 1.807) is 0 Å². The smallest absolute Gasteiger partial charge is 0.229 e. The van der Waals surface area contributed by atoms with E-state index in [0.29, 0.717) is 18.8 Å². The standard InChI is InChI=1S/C4H10BrNO2S.C4H9NO2S.2C4H8O.C3H8BrN.CH3ClO2S.CH4/c1-9(7,8)6-4-2-3-5;6-8(7)4-2-1-3-5-8;2*1-2-4-5-3-1;4-2-1-3-5;1-5(2,3)4;/h6H,2-4H2,1H3;5H,1-4H2;2*1-4H2;1-3,5H2;1H3;1H4. The summed E-state index contributed by atoms with van der Waals surface area (Å²) < 4.78 is 75.3. The summed E-state index contributed by atoms with van der Waals surface area (Å²) in [6, 6.07) is 0. The molecule has 3 rings (SSSR count). The molecule has 3 aliphatic rings. The highest BCUT2D eigenvalue weighted by atomic mass is 79.9. The van der Waals surface area contributed by atoms with Crippen LogP contribution in [0.4, 0.5) is 0 Å². The van der Waals surface area contributed by atoms with Crippen molar-refractivity contribution in [2.75, 3.05) is 75.0 Å². The molecule has 3 fully saturated rings. The van der Waals surface area contributed by atoms with Crippen molar-refractivity contribution in [1.82, 2.24) is 9.44 Å². The van der Waals surface area contributed by atoms with Crippen LogP contribution >= 0.6 is 42.5 Å². The molecule has 11 nitrogen and oxygen atoms in total. The molecule has 0 aromatic heterocycles. The molecule has 0 atom stereocenters. The molecule has 0 spiro atoms. The second kappa shape index (κ2) is 30.8. The van der Waals surface area contributed by atoms with E-state index in [-0.39, 0.29) is 7.43 Å². The first-order chi connectivity index (χ1) is 17.2. The lowest BCUT2D eigenvalue weighted by Gasteiger charge is -2.10. The fraction of sp³-hybridized carbons (Fsp3) is 1.00. The lowest BCUT2D eigenvalue weighted by atomic mass is 10.3. The van der Waals surface area contributed by atoms with Crippen molar-refractivity contribution < 1.29 is 34.7 Å². The van der Waals surface area contributed by atoms with Crippen LogP contribution in [0.3, 0.4) is 0 Å². The number of nitrogens with one attached hydrogen (secondary N) is 2. The molecule has 0 saturated carbocycles. The Morgan fingerprint density at radius 3 is 1.45 bits per heavy atom. The number of rotatable bonds is 6. The van der Waals surface area contributed by atoms with Gasteiger partial charge in [0.2, 0.25) is 29.1 Å². The quantitative estimate of drug-likeness (QED) is 0.209. The van der Waals surface area contributed by atoms with Gasteiger partial charge in [-0.15, -0.1) is 0 Å². The van der Waals surface area contributed by atoms with Crippen LogP contribution in [0, 0.1) is 0 Å². The zero-order valence-electron chi connectivity index (χ0n) is 21.9. The molecule has 4 N–H and O–H groups in total. The Kier molecular flexibility index (Phi) is 37.2. The minimum Gasteiger partial charge on any atom is -0.381 e. The van der Waals surface area contributed by atoms with Gasteiger partial charge >= 0.3 is 0 Å². The highest BCUT2D eigenvalue weighted by molar-refractivity contribution is 9.09. The molecular formula is C21H50Br2ClN3O8S3. The number of hydrogen-bond acceptors (Lipinski definition) is 9. The molecule has 3 aliphatic heterocycles. The van der Waals surface area contributed by atoms with Crippen LogP contribution in [-0.2, 0) is 38.6 Å². The SMILES string of the molecule is C.C1CCOC1.C1CCOC1.CS(=O)(=O)Cl.CS(=O)(=O)NCCCBr.NCCCBr.O=S1(=O)CCCCN1. The summed E-state index contributed by atoms with van der Waals surface area (Å²) in [5.41, 5.74) is 5.11. The first-order valence-corrected chi connectivity index (χ1v) is 20.5. The Morgan fingerprint density at radius 2 is 1.29 bits per heavy atom. The van der Waals surface area contributed by atoms with Gasteiger partial charge in [0, 0.05) is 60.9 Å². The average molecular weight is 764 g/mol. The Morgan fingerprint density at radius 1 is 0.868 bits per heavy atom. The van der Waals surface area contributed by atoms with Gasteiger partial charge in [0.15, 0.2) is 0 Å². The molecule has 0 aromatic carbocycles.